The second kappa shape index (κ2) is 8.42. The molecule has 6 nitrogen and oxygen atoms in total. The van der Waals surface area contributed by atoms with Gasteiger partial charge in [0.05, 0.1) is 17.6 Å². The molecule has 2 heterocycles. The van der Waals surface area contributed by atoms with E-state index < -0.39 is 0 Å². The summed E-state index contributed by atoms with van der Waals surface area (Å²) in [6.45, 7) is 1.97. The first kappa shape index (κ1) is 18.5. The van der Waals surface area contributed by atoms with Gasteiger partial charge < -0.3 is 11.1 Å². The largest absolute Gasteiger partial charge is 0.404 e. The predicted octanol–water partition coefficient (Wildman–Crippen LogP) is 3.81. The number of benzene rings is 1. The lowest BCUT2D eigenvalue weighted by atomic mass is 10.1. The van der Waals surface area contributed by atoms with Crippen LogP contribution in [0.4, 0.5) is 5.69 Å². The SMILES string of the molecule is CC(=O)Nc1ccc(CN=CC(=CN)c2cnc3ccc(Cl)nc3c2)cc1. The number of fused-ring (bicyclic) bond motifs is 1. The molecule has 27 heavy (non-hydrogen) atoms. The minimum absolute atomic E-state index is 0.0988. The van der Waals surface area contributed by atoms with Crippen molar-refractivity contribution >= 4 is 46.0 Å². The Labute approximate surface area is 161 Å². The molecule has 0 saturated heterocycles. The molecule has 0 aliphatic carbocycles. The normalized spacial score (nSPS) is 11.9. The number of halogens is 1. The Kier molecular flexibility index (Phi) is 5.78. The van der Waals surface area contributed by atoms with Gasteiger partial charge in [-0.1, -0.05) is 23.7 Å². The summed E-state index contributed by atoms with van der Waals surface area (Å²) in [6.07, 6.45) is 4.91. The van der Waals surface area contributed by atoms with E-state index in [0.29, 0.717) is 17.2 Å². The molecule has 0 spiro atoms. The number of carbonyl (C=O) groups excluding carboxylic acids is 1. The number of anilines is 1. The summed E-state index contributed by atoms with van der Waals surface area (Å²) in [4.78, 5) is 24.1. The molecule has 0 atom stereocenters. The van der Waals surface area contributed by atoms with Crippen molar-refractivity contribution in [2.75, 3.05) is 5.32 Å². The molecule has 2 aromatic heterocycles. The molecule has 7 heteroatoms. The number of nitrogens with two attached hydrogens (primary N) is 1. The van der Waals surface area contributed by atoms with Crippen molar-refractivity contribution in [2.45, 2.75) is 13.5 Å². The second-order valence-corrected chi connectivity index (χ2v) is 6.25. The Bertz CT molecular complexity index is 1030. The molecule has 3 N–H and O–H groups in total. The number of nitrogens with one attached hydrogen (secondary N) is 1. The van der Waals surface area contributed by atoms with Gasteiger partial charge in [0.1, 0.15) is 5.15 Å². The van der Waals surface area contributed by atoms with Gasteiger partial charge in [0, 0.05) is 42.4 Å². The highest BCUT2D eigenvalue weighted by Crippen LogP contribution is 2.18. The molecule has 3 rings (SSSR count). The first-order chi connectivity index (χ1) is 13.0. The summed E-state index contributed by atoms with van der Waals surface area (Å²) in [7, 11) is 0. The van der Waals surface area contributed by atoms with Crippen molar-refractivity contribution in [1.82, 2.24) is 9.97 Å². The van der Waals surface area contributed by atoms with Crippen LogP contribution in [0.3, 0.4) is 0 Å². The van der Waals surface area contributed by atoms with Crippen molar-refractivity contribution < 1.29 is 4.79 Å². The molecule has 0 bridgehead atoms. The third-order valence-electron chi connectivity index (χ3n) is 3.79. The molecular formula is C20H18ClN5O. The van der Waals surface area contributed by atoms with Crippen LogP contribution in [0.25, 0.3) is 16.6 Å². The summed E-state index contributed by atoms with van der Waals surface area (Å²) >= 11 is 5.95. The van der Waals surface area contributed by atoms with E-state index in [9.17, 15) is 4.79 Å². The number of pyridine rings is 2. The Hall–Kier alpha value is -3.25. The maximum Gasteiger partial charge on any atom is 0.221 e. The van der Waals surface area contributed by atoms with Gasteiger partial charge in [-0.05, 0) is 35.9 Å². The lowest BCUT2D eigenvalue weighted by Gasteiger charge is -2.04. The van der Waals surface area contributed by atoms with E-state index >= 15 is 0 Å². The molecule has 0 unspecified atom stereocenters. The minimum atomic E-state index is -0.0988. The van der Waals surface area contributed by atoms with E-state index in [1.807, 2.05) is 36.4 Å². The van der Waals surface area contributed by atoms with Crippen molar-refractivity contribution in [3.8, 4) is 0 Å². The fourth-order valence-electron chi connectivity index (χ4n) is 2.50. The van der Waals surface area contributed by atoms with Crippen molar-refractivity contribution in [2.24, 2.45) is 10.7 Å². The first-order valence-electron chi connectivity index (χ1n) is 8.26. The zero-order chi connectivity index (χ0) is 19.2. The van der Waals surface area contributed by atoms with Gasteiger partial charge in [-0.2, -0.15) is 0 Å². The van der Waals surface area contributed by atoms with E-state index in [1.165, 1.54) is 13.1 Å². The van der Waals surface area contributed by atoms with Crippen LogP contribution in [0.5, 0.6) is 0 Å². The van der Waals surface area contributed by atoms with Crippen molar-refractivity contribution in [1.29, 1.82) is 0 Å². The van der Waals surface area contributed by atoms with Gasteiger partial charge in [-0.25, -0.2) is 4.98 Å². The van der Waals surface area contributed by atoms with E-state index in [1.54, 1.807) is 18.5 Å². The lowest BCUT2D eigenvalue weighted by molar-refractivity contribution is -0.114. The predicted molar refractivity (Wildman–Crippen MR) is 110 cm³/mol. The highest BCUT2D eigenvalue weighted by molar-refractivity contribution is 6.29. The van der Waals surface area contributed by atoms with Gasteiger partial charge in [0.2, 0.25) is 5.91 Å². The summed E-state index contributed by atoms with van der Waals surface area (Å²) in [6, 6.07) is 12.9. The minimum Gasteiger partial charge on any atom is -0.404 e. The molecule has 136 valence electrons. The molecule has 0 radical (unpaired) electrons. The molecule has 0 aliphatic heterocycles. The Morgan fingerprint density at radius 3 is 2.70 bits per heavy atom. The van der Waals surface area contributed by atoms with Gasteiger partial charge in [-0.3, -0.25) is 14.8 Å². The van der Waals surface area contributed by atoms with Crippen LogP contribution in [-0.2, 0) is 11.3 Å². The quantitative estimate of drug-likeness (QED) is 0.520. The average Bonchev–Trinajstić information content (AvgIpc) is 2.65. The fourth-order valence-corrected chi connectivity index (χ4v) is 2.65. The number of aromatic nitrogens is 2. The van der Waals surface area contributed by atoms with Crippen LogP contribution in [-0.4, -0.2) is 22.1 Å². The first-order valence-corrected chi connectivity index (χ1v) is 8.64. The summed E-state index contributed by atoms with van der Waals surface area (Å²) < 4.78 is 0. The lowest BCUT2D eigenvalue weighted by Crippen LogP contribution is -2.05. The van der Waals surface area contributed by atoms with Crippen LogP contribution in [0.1, 0.15) is 18.1 Å². The van der Waals surface area contributed by atoms with Crippen LogP contribution < -0.4 is 11.1 Å². The van der Waals surface area contributed by atoms with E-state index in [2.05, 4.69) is 20.3 Å². The molecule has 0 saturated carbocycles. The third kappa shape index (κ3) is 4.89. The maximum absolute atomic E-state index is 11.0. The molecular weight excluding hydrogens is 362 g/mol. The van der Waals surface area contributed by atoms with Gasteiger partial charge in [0.15, 0.2) is 0 Å². The van der Waals surface area contributed by atoms with Crippen LogP contribution in [0, 0.1) is 0 Å². The molecule has 3 aromatic rings. The maximum atomic E-state index is 11.0. The Morgan fingerprint density at radius 2 is 2.00 bits per heavy atom. The topological polar surface area (TPSA) is 93.3 Å². The smallest absolute Gasteiger partial charge is 0.221 e. The Morgan fingerprint density at radius 1 is 1.22 bits per heavy atom. The average molecular weight is 380 g/mol. The van der Waals surface area contributed by atoms with E-state index in [-0.39, 0.29) is 5.91 Å². The monoisotopic (exact) mass is 379 g/mol. The highest BCUT2D eigenvalue weighted by Gasteiger charge is 2.04. The fraction of sp³-hybridized carbons (Fsp3) is 0.100. The molecule has 0 aliphatic rings. The van der Waals surface area contributed by atoms with Crippen LogP contribution in [0.15, 0.2) is 59.9 Å². The van der Waals surface area contributed by atoms with Crippen molar-refractivity contribution in [3.63, 3.8) is 0 Å². The van der Waals surface area contributed by atoms with E-state index in [0.717, 1.165) is 27.9 Å². The number of rotatable bonds is 5. The molecule has 1 aromatic carbocycles. The molecule has 1 amide bonds. The van der Waals surface area contributed by atoms with Gasteiger partial charge >= 0.3 is 0 Å². The summed E-state index contributed by atoms with van der Waals surface area (Å²) in [5.41, 5.74) is 10.5. The number of allylic oxidation sites excluding steroid dienone is 1. The number of hydrogen-bond donors (Lipinski definition) is 2. The van der Waals surface area contributed by atoms with Gasteiger partial charge in [0.25, 0.3) is 0 Å². The Balaban J connectivity index is 1.72. The number of amides is 1. The number of carbonyl (C=O) groups is 1. The van der Waals surface area contributed by atoms with E-state index in [4.69, 9.17) is 17.3 Å². The van der Waals surface area contributed by atoms with Crippen LogP contribution in [0.2, 0.25) is 5.15 Å². The summed E-state index contributed by atoms with van der Waals surface area (Å²) in [5, 5.41) is 3.14. The zero-order valence-corrected chi connectivity index (χ0v) is 15.4. The van der Waals surface area contributed by atoms with Crippen molar-refractivity contribution in [3.05, 3.63) is 71.1 Å². The van der Waals surface area contributed by atoms with Gasteiger partial charge in [-0.15, -0.1) is 0 Å². The second-order valence-electron chi connectivity index (χ2n) is 5.87. The zero-order valence-electron chi connectivity index (χ0n) is 14.7. The standard InChI is InChI=1S/C20H18ClN5O/c1-13(27)25-17-4-2-14(3-5-17)10-23-11-16(9-22)15-8-19-18(24-12-15)6-7-20(21)26-19/h2-9,11-12H,10,22H2,1H3,(H,25,27). The highest BCUT2D eigenvalue weighted by atomic mass is 35.5. The molecule has 0 fully saturated rings. The number of hydrogen-bond acceptors (Lipinski definition) is 5. The number of nitrogens with zero attached hydrogens (tertiary/aromatic N) is 3. The van der Waals surface area contributed by atoms with Crippen LogP contribution >= 0.6 is 11.6 Å². The number of aliphatic imine (C=N–C) groups is 1. The third-order valence-corrected chi connectivity index (χ3v) is 4.01. The summed E-state index contributed by atoms with van der Waals surface area (Å²) in [5.74, 6) is -0.0988.